The lowest BCUT2D eigenvalue weighted by molar-refractivity contribution is 0.174. The summed E-state index contributed by atoms with van der Waals surface area (Å²) >= 11 is 0. The highest BCUT2D eigenvalue weighted by atomic mass is 16.7. The number of benzene rings is 1. The molecule has 1 saturated carbocycles. The van der Waals surface area contributed by atoms with E-state index < -0.39 is 0 Å². The second-order valence-electron chi connectivity index (χ2n) is 6.32. The van der Waals surface area contributed by atoms with Crippen LogP contribution in [0.5, 0.6) is 11.5 Å². The van der Waals surface area contributed by atoms with E-state index in [9.17, 15) is 0 Å². The minimum absolute atomic E-state index is 0.257. The molecule has 0 amide bonds. The average molecular weight is 347 g/mol. The molecule has 2 aliphatic rings. The van der Waals surface area contributed by atoms with Gasteiger partial charge in [-0.05, 0) is 37.1 Å². The van der Waals surface area contributed by atoms with Crippen molar-refractivity contribution in [1.29, 1.82) is 0 Å². The van der Waals surface area contributed by atoms with Crippen molar-refractivity contribution in [1.82, 2.24) is 15.0 Å². The van der Waals surface area contributed by atoms with Gasteiger partial charge in [0.2, 0.25) is 12.7 Å². The van der Waals surface area contributed by atoms with Crippen LogP contribution in [0.1, 0.15) is 12.8 Å². The molecule has 1 aliphatic heterocycles. The van der Waals surface area contributed by atoms with Gasteiger partial charge in [0, 0.05) is 41.8 Å². The predicted octanol–water partition coefficient (Wildman–Crippen LogP) is 3.59. The molecular formula is C19H17N5O2. The summed E-state index contributed by atoms with van der Waals surface area (Å²) in [6, 6.07) is 12.0. The SMILES string of the molecule is c1cncc(-c2cc(Nc3ccc4c(c3)OCO4)nc(NC3CC3)n2)c1. The van der Waals surface area contributed by atoms with Crippen LogP contribution in [0.2, 0.25) is 0 Å². The lowest BCUT2D eigenvalue weighted by Gasteiger charge is -2.11. The fourth-order valence-corrected chi connectivity index (χ4v) is 2.77. The number of hydrogen-bond donors (Lipinski definition) is 2. The largest absolute Gasteiger partial charge is 0.454 e. The molecule has 0 saturated heterocycles. The Bertz CT molecular complexity index is 944. The first kappa shape index (κ1) is 14.9. The first-order valence-corrected chi connectivity index (χ1v) is 8.56. The van der Waals surface area contributed by atoms with Crippen molar-refractivity contribution < 1.29 is 9.47 Å². The Labute approximate surface area is 150 Å². The van der Waals surface area contributed by atoms with Gasteiger partial charge in [0.15, 0.2) is 11.5 Å². The standard InChI is InChI=1S/C19H17N5O2/c1-2-12(10-20-7-1)15-9-18(24-19(23-15)22-13-3-4-13)21-14-5-6-16-17(8-14)26-11-25-16/h1-2,5-10,13H,3-4,11H2,(H2,21,22,23,24). The van der Waals surface area contributed by atoms with Crippen LogP contribution in [0.15, 0.2) is 48.8 Å². The van der Waals surface area contributed by atoms with E-state index in [-0.39, 0.29) is 6.79 Å². The average Bonchev–Trinajstić information content (AvgIpc) is 3.36. The lowest BCUT2D eigenvalue weighted by Crippen LogP contribution is -2.07. The van der Waals surface area contributed by atoms with E-state index in [1.807, 2.05) is 36.4 Å². The minimum Gasteiger partial charge on any atom is -0.454 e. The van der Waals surface area contributed by atoms with Crippen molar-refractivity contribution in [3.63, 3.8) is 0 Å². The molecular weight excluding hydrogens is 330 g/mol. The fraction of sp³-hybridized carbons (Fsp3) is 0.211. The van der Waals surface area contributed by atoms with E-state index >= 15 is 0 Å². The van der Waals surface area contributed by atoms with Gasteiger partial charge < -0.3 is 20.1 Å². The number of anilines is 3. The van der Waals surface area contributed by atoms with Crippen LogP contribution >= 0.6 is 0 Å². The number of fused-ring (bicyclic) bond motifs is 1. The van der Waals surface area contributed by atoms with Gasteiger partial charge in [-0.2, -0.15) is 4.98 Å². The van der Waals surface area contributed by atoms with E-state index in [4.69, 9.17) is 9.47 Å². The van der Waals surface area contributed by atoms with Gasteiger partial charge in [-0.25, -0.2) is 4.98 Å². The highest BCUT2D eigenvalue weighted by Crippen LogP contribution is 2.35. The zero-order chi connectivity index (χ0) is 17.3. The molecule has 1 fully saturated rings. The van der Waals surface area contributed by atoms with E-state index in [1.165, 1.54) is 0 Å². The second kappa shape index (κ2) is 6.18. The molecule has 1 aromatic carbocycles. The number of ether oxygens (including phenoxy) is 2. The predicted molar refractivity (Wildman–Crippen MR) is 97.8 cm³/mol. The number of rotatable bonds is 5. The normalized spacial score (nSPS) is 14.9. The second-order valence-corrected chi connectivity index (χ2v) is 6.32. The molecule has 1 aliphatic carbocycles. The van der Waals surface area contributed by atoms with Crippen molar-refractivity contribution >= 4 is 17.5 Å². The summed E-state index contributed by atoms with van der Waals surface area (Å²) in [6.07, 6.45) is 5.87. The van der Waals surface area contributed by atoms with Crippen LogP contribution in [-0.2, 0) is 0 Å². The molecule has 26 heavy (non-hydrogen) atoms. The number of hydrogen-bond acceptors (Lipinski definition) is 7. The van der Waals surface area contributed by atoms with Gasteiger partial charge in [0.1, 0.15) is 5.82 Å². The lowest BCUT2D eigenvalue weighted by atomic mass is 10.2. The van der Waals surface area contributed by atoms with Gasteiger partial charge in [-0.1, -0.05) is 0 Å². The van der Waals surface area contributed by atoms with Gasteiger partial charge in [0.05, 0.1) is 5.69 Å². The Hall–Kier alpha value is -3.35. The Morgan fingerprint density at radius 1 is 1.00 bits per heavy atom. The molecule has 5 rings (SSSR count). The molecule has 0 bridgehead atoms. The van der Waals surface area contributed by atoms with Crippen molar-refractivity contribution in [2.45, 2.75) is 18.9 Å². The molecule has 7 heteroatoms. The monoisotopic (exact) mass is 347 g/mol. The third kappa shape index (κ3) is 3.11. The summed E-state index contributed by atoms with van der Waals surface area (Å²) in [4.78, 5) is 13.4. The number of nitrogens with zero attached hydrogens (tertiary/aromatic N) is 3. The molecule has 0 unspecified atom stereocenters. The first-order chi connectivity index (χ1) is 12.8. The highest BCUT2D eigenvalue weighted by molar-refractivity contribution is 5.68. The highest BCUT2D eigenvalue weighted by Gasteiger charge is 2.22. The minimum atomic E-state index is 0.257. The van der Waals surface area contributed by atoms with E-state index in [2.05, 4.69) is 25.6 Å². The number of nitrogens with one attached hydrogen (secondary N) is 2. The van der Waals surface area contributed by atoms with Crippen LogP contribution in [-0.4, -0.2) is 27.8 Å². The summed E-state index contributed by atoms with van der Waals surface area (Å²) in [5, 5.41) is 6.70. The summed E-state index contributed by atoms with van der Waals surface area (Å²) in [5.74, 6) is 2.82. The van der Waals surface area contributed by atoms with E-state index in [0.29, 0.717) is 17.8 Å². The van der Waals surface area contributed by atoms with Crippen LogP contribution < -0.4 is 20.1 Å². The third-order valence-electron chi connectivity index (χ3n) is 4.24. The van der Waals surface area contributed by atoms with E-state index in [1.54, 1.807) is 12.4 Å². The molecule has 7 nitrogen and oxygen atoms in total. The summed E-state index contributed by atoms with van der Waals surface area (Å²) in [6.45, 7) is 0.257. The maximum atomic E-state index is 5.44. The molecule has 130 valence electrons. The maximum absolute atomic E-state index is 5.44. The Kier molecular flexibility index (Phi) is 3.55. The van der Waals surface area contributed by atoms with Crippen LogP contribution in [0.3, 0.4) is 0 Å². The molecule has 3 aromatic rings. The van der Waals surface area contributed by atoms with E-state index in [0.717, 1.165) is 41.3 Å². The Morgan fingerprint density at radius 3 is 2.77 bits per heavy atom. The fourth-order valence-electron chi connectivity index (χ4n) is 2.77. The first-order valence-electron chi connectivity index (χ1n) is 8.56. The topological polar surface area (TPSA) is 81.2 Å². The van der Waals surface area contributed by atoms with Gasteiger partial charge in [-0.3, -0.25) is 4.98 Å². The number of pyridine rings is 1. The van der Waals surface area contributed by atoms with Crippen molar-refractivity contribution in [2.24, 2.45) is 0 Å². The van der Waals surface area contributed by atoms with Gasteiger partial charge in [-0.15, -0.1) is 0 Å². The summed E-state index contributed by atoms with van der Waals surface area (Å²) in [7, 11) is 0. The maximum Gasteiger partial charge on any atom is 0.231 e. The molecule has 2 aromatic heterocycles. The molecule has 0 radical (unpaired) electrons. The third-order valence-corrected chi connectivity index (χ3v) is 4.24. The molecule has 2 N–H and O–H groups in total. The van der Waals surface area contributed by atoms with Crippen molar-refractivity contribution in [3.05, 3.63) is 48.8 Å². The molecule has 3 heterocycles. The van der Waals surface area contributed by atoms with Crippen molar-refractivity contribution in [2.75, 3.05) is 17.4 Å². The van der Waals surface area contributed by atoms with Crippen LogP contribution in [0.25, 0.3) is 11.3 Å². The van der Waals surface area contributed by atoms with Crippen LogP contribution in [0.4, 0.5) is 17.5 Å². The van der Waals surface area contributed by atoms with Gasteiger partial charge >= 0.3 is 0 Å². The molecule has 0 atom stereocenters. The van der Waals surface area contributed by atoms with Crippen LogP contribution in [0, 0.1) is 0 Å². The molecule has 0 spiro atoms. The van der Waals surface area contributed by atoms with Crippen molar-refractivity contribution in [3.8, 4) is 22.8 Å². The summed E-state index contributed by atoms with van der Waals surface area (Å²) < 4.78 is 10.8. The quantitative estimate of drug-likeness (QED) is 0.730. The smallest absolute Gasteiger partial charge is 0.231 e. The van der Waals surface area contributed by atoms with Gasteiger partial charge in [0.25, 0.3) is 0 Å². The summed E-state index contributed by atoms with van der Waals surface area (Å²) in [5.41, 5.74) is 2.64. The number of aromatic nitrogens is 3. The zero-order valence-electron chi connectivity index (χ0n) is 14.0. The zero-order valence-corrected chi connectivity index (χ0v) is 14.0. The Morgan fingerprint density at radius 2 is 1.92 bits per heavy atom. The Balaban J connectivity index is 1.48.